The second-order valence-corrected chi connectivity index (χ2v) is 14.9. The summed E-state index contributed by atoms with van der Waals surface area (Å²) in [6.07, 6.45) is 13.2. The van der Waals surface area contributed by atoms with E-state index in [9.17, 15) is 15.0 Å². The van der Waals surface area contributed by atoms with Gasteiger partial charge in [0.2, 0.25) is 0 Å². The van der Waals surface area contributed by atoms with Crippen LogP contribution in [0.25, 0.3) is 0 Å². The lowest BCUT2D eigenvalue weighted by atomic mass is 9.71. The van der Waals surface area contributed by atoms with Crippen LogP contribution in [0.2, 0.25) is 0 Å². The van der Waals surface area contributed by atoms with Gasteiger partial charge in [0.15, 0.2) is 5.79 Å². The van der Waals surface area contributed by atoms with E-state index >= 15 is 0 Å². The number of aliphatic hydroxyl groups excluding tert-OH is 1. The molecule has 4 aliphatic heterocycles. The van der Waals surface area contributed by atoms with E-state index in [1.165, 1.54) is 0 Å². The fourth-order valence-electron chi connectivity index (χ4n) is 7.97. The normalized spacial score (nSPS) is 46.2. The quantitative estimate of drug-likeness (QED) is 0.216. The average Bonchev–Trinajstić information content (AvgIpc) is 3.35. The van der Waals surface area contributed by atoms with Gasteiger partial charge in [0.25, 0.3) is 0 Å². The minimum Gasteiger partial charge on any atom is -0.462 e. The van der Waals surface area contributed by atoms with Gasteiger partial charge in [-0.05, 0) is 61.5 Å². The van der Waals surface area contributed by atoms with Crippen molar-refractivity contribution in [1.29, 1.82) is 0 Å². The van der Waals surface area contributed by atoms with Gasteiger partial charge >= 0.3 is 5.97 Å². The van der Waals surface area contributed by atoms with Gasteiger partial charge in [0.05, 0.1) is 30.9 Å². The summed E-state index contributed by atoms with van der Waals surface area (Å²) >= 11 is 1.64. The van der Waals surface area contributed by atoms with Crippen molar-refractivity contribution in [2.75, 3.05) is 18.8 Å². The van der Waals surface area contributed by atoms with Crippen LogP contribution < -0.4 is 0 Å². The molecule has 0 saturated carbocycles. The molecule has 3 saturated heterocycles. The molecule has 5 rings (SSSR count). The number of allylic oxidation sites excluding steroid dienone is 2. The zero-order valence-corrected chi connectivity index (χ0v) is 28.9. The number of thioether (sulfide) groups is 1. The summed E-state index contributed by atoms with van der Waals surface area (Å²) in [4.78, 5) is 14.1. The number of fused-ring (bicyclic) bond motifs is 2. The number of ether oxygens (including phenoxy) is 5. The highest BCUT2D eigenvalue weighted by molar-refractivity contribution is 7.98. The largest absolute Gasteiger partial charge is 0.462 e. The summed E-state index contributed by atoms with van der Waals surface area (Å²) < 4.78 is 32.3. The van der Waals surface area contributed by atoms with Crippen molar-refractivity contribution in [3.8, 4) is 0 Å². The molecule has 0 aromatic rings. The lowest BCUT2D eigenvalue weighted by molar-refractivity contribution is -0.340. The first-order valence-corrected chi connectivity index (χ1v) is 18.2. The van der Waals surface area contributed by atoms with Crippen molar-refractivity contribution in [1.82, 2.24) is 0 Å². The van der Waals surface area contributed by atoms with Crippen molar-refractivity contribution in [3.63, 3.8) is 0 Å². The van der Waals surface area contributed by atoms with Crippen LogP contribution in [0.1, 0.15) is 80.1 Å². The molecule has 3 fully saturated rings. The highest BCUT2D eigenvalue weighted by atomic mass is 32.2. The maximum atomic E-state index is 14.1. The van der Waals surface area contributed by atoms with Gasteiger partial charge in [-0.2, -0.15) is 0 Å². The molecule has 12 atom stereocenters. The molecular formula is C36H54O8S. The molecule has 0 aromatic heterocycles. The maximum Gasteiger partial charge on any atom is 0.316 e. The monoisotopic (exact) mass is 646 g/mol. The Kier molecular flexibility index (Phi) is 11.1. The lowest BCUT2D eigenvalue weighted by Crippen LogP contribution is -2.58. The van der Waals surface area contributed by atoms with Crippen LogP contribution >= 0.6 is 11.8 Å². The highest BCUT2D eigenvalue weighted by Crippen LogP contribution is 2.48. The molecule has 2 bridgehead atoms. The molecule has 0 radical (unpaired) electrons. The van der Waals surface area contributed by atoms with Gasteiger partial charge in [0, 0.05) is 25.2 Å². The molecule has 1 spiro atoms. The van der Waals surface area contributed by atoms with E-state index in [2.05, 4.69) is 46.8 Å². The number of aliphatic hydroxyl groups is 2. The first kappa shape index (κ1) is 34.9. The van der Waals surface area contributed by atoms with Crippen molar-refractivity contribution < 1.29 is 38.7 Å². The lowest BCUT2D eigenvalue weighted by Gasteiger charge is -2.51. The zero-order chi connectivity index (χ0) is 32.5. The first-order valence-electron chi connectivity index (χ1n) is 16.8. The van der Waals surface area contributed by atoms with Gasteiger partial charge in [0.1, 0.15) is 29.8 Å². The Morgan fingerprint density at radius 3 is 2.69 bits per heavy atom. The van der Waals surface area contributed by atoms with Gasteiger partial charge < -0.3 is 33.9 Å². The van der Waals surface area contributed by atoms with Gasteiger partial charge in [-0.3, -0.25) is 4.79 Å². The van der Waals surface area contributed by atoms with Crippen LogP contribution in [-0.2, 0) is 28.5 Å². The zero-order valence-electron chi connectivity index (χ0n) is 28.1. The van der Waals surface area contributed by atoms with Crippen LogP contribution in [-0.4, -0.2) is 83.0 Å². The van der Waals surface area contributed by atoms with Crippen LogP contribution in [0, 0.1) is 23.7 Å². The predicted molar refractivity (Wildman–Crippen MR) is 175 cm³/mol. The first-order chi connectivity index (χ1) is 21.4. The molecule has 0 amide bonds. The number of rotatable bonds is 5. The smallest absolute Gasteiger partial charge is 0.316 e. The Labute approximate surface area is 273 Å². The summed E-state index contributed by atoms with van der Waals surface area (Å²) in [6.45, 7) is 12.8. The van der Waals surface area contributed by atoms with Crippen LogP contribution in [0.5, 0.6) is 0 Å². The second-order valence-electron chi connectivity index (χ2n) is 14.1. The molecule has 4 heterocycles. The van der Waals surface area contributed by atoms with E-state index in [0.29, 0.717) is 48.2 Å². The van der Waals surface area contributed by atoms with Crippen LogP contribution in [0.3, 0.4) is 0 Å². The van der Waals surface area contributed by atoms with Gasteiger partial charge in [-0.25, -0.2) is 0 Å². The molecule has 252 valence electrons. The van der Waals surface area contributed by atoms with Crippen LogP contribution in [0.15, 0.2) is 47.1 Å². The fourth-order valence-corrected chi connectivity index (χ4v) is 8.25. The molecule has 9 heteroatoms. The molecule has 1 aliphatic carbocycles. The van der Waals surface area contributed by atoms with Crippen molar-refractivity contribution in [3.05, 3.63) is 47.1 Å². The molecular weight excluding hydrogens is 592 g/mol. The number of carbonyl (C=O) groups excluding carboxylic acids is 1. The third-order valence-corrected chi connectivity index (χ3v) is 11.2. The highest BCUT2D eigenvalue weighted by Gasteiger charge is 2.60. The van der Waals surface area contributed by atoms with Crippen molar-refractivity contribution in [2.24, 2.45) is 23.7 Å². The number of carbonyl (C=O) groups is 1. The molecule has 2 N–H and O–H groups in total. The minimum atomic E-state index is -1.73. The summed E-state index contributed by atoms with van der Waals surface area (Å²) in [5, 5.41) is 23.2. The number of hydrogen-bond acceptors (Lipinski definition) is 9. The Bertz CT molecular complexity index is 1190. The van der Waals surface area contributed by atoms with Crippen molar-refractivity contribution >= 4 is 17.7 Å². The second kappa shape index (κ2) is 14.3. The average molecular weight is 647 g/mol. The van der Waals surface area contributed by atoms with Crippen molar-refractivity contribution in [2.45, 2.75) is 128 Å². The van der Waals surface area contributed by atoms with E-state index in [1.54, 1.807) is 24.8 Å². The number of hydrogen-bond donors (Lipinski definition) is 2. The summed E-state index contributed by atoms with van der Waals surface area (Å²) in [5.41, 5.74) is 0.519. The topological polar surface area (TPSA) is 104 Å². The fraction of sp³-hybridized carbons (Fsp3) is 0.750. The summed E-state index contributed by atoms with van der Waals surface area (Å²) in [6, 6.07) is 0. The molecule has 8 nitrogen and oxygen atoms in total. The SMILES string of the molecule is CC[C@H](C)[C@H]1O[C@]2(CC[C@@H]1C)C[C@@H]1C[C@@H](C/C=C(\C)[C@@H](OCSC)[C@@H](C)/C=C/C=C3\CO[C@@H]4[C@H](O)C(C)=C[C@@H](C(=O)O1)[C@]34O)O2. The Balaban J connectivity index is 1.54. The maximum absolute atomic E-state index is 14.1. The summed E-state index contributed by atoms with van der Waals surface area (Å²) in [5.74, 6) is -0.990. The third kappa shape index (κ3) is 7.06. The Morgan fingerprint density at radius 1 is 1.18 bits per heavy atom. The van der Waals surface area contributed by atoms with Gasteiger partial charge in [-0.15, -0.1) is 11.8 Å². The Morgan fingerprint density at radius 2 is 1.96 bits per heavy atom. The van der Waals surface area contributed by atoms with E-state index in [4.69, 9.17) is 23.7 Å². The molecule has 5 aliphatic rings. The van der Waals surface area contributed by atoms with E-state index < -0.39 is 41.6 Å². The summed E-state index contributed by atoms with van der Waals surface area (Å²) in [7, 11) is 0. The predicted octanol–water partition coefficient (Wildman–Crippen LogP) is 5.88. The molecule has 0 aromatic carbocycles. The molecule has 0 unspecified atom stereocenters. The van der Waals surface area contributed by atoms with E-state index in [1.807, 2.05) is 18.4 Å². The van der Waals surface area contributed by atoms with E-state index in [0.717, 1.165) is 24.8 Å². The Hall–Kier alpha value is -1.46. The molecule has 45 heavy (non-hydrogen) atoms. The van der Waals surface area contributed by atoms with E-state index in [-0.39, 0.29) is 30.8 Å². The number of esters is 1. The third-order valence-electron chi connectivity index (χ3n) is 10.8. The standard InChI is InChI=1S/C36H54O8S/c1-8-21(2)32-24(5)14-15-35(44-32)18-28-17-27(43-35)13-12-23(4)31(41-20-45-7)22(3)10-9-11-26-19-40-33-30(37)25(6)16-29(34(38)42-28)36(26,33)39/h9-12,16,21-22,24,27-33,37,39H,8,13-15,17-20H2,1-7H3/b10-9+,23-12+,26-11+/t21-,22-,24-,27+,28-,29-,30+,31-,32+,33+,35+,36+/m0/s1. The van der Waals surface area contributed by atoms with Gasteiger partial charge in [-0.1, -0.05) is 64.5 Å². The van der Waals surface area contributed by atoms with Crippen LogP contribution in [0.4, 0.5) is 0 Å². The minimum absolute atomic E-state index is 0.0385.